The quantitative estimate of drug-likeness (QED) is 0.0446. The molecule has 32 heteroatoms. The van der Waals surface area contributed by atoms with E-state index in [1.165, 1.54) is 0 Å². The summed E-state index contributed by atoms with van der Waals surface area (Å²) in [6, 6.07) is 0. The van der Waals surface area contributed by atoms with Crippen LogP contribution in [0, 0.1) is 17.3 Å². The van der Waals surface area contributed by atoms with E-state index in [2.05, 4.69) is 4.74 Å². The number of aliphatic carboxylic acids is 14. The highest BCUT2D eigenvalue weighted by Gasteiger charge is 2.43. The van der Waals surface area contributed by atoms with Crippen LogP contribution in [0.5, 0.6) is 0 Å². The molecule has 0 radical (unpaired) electrons. The molecule has 1 heterocycles. The zero-order chi connectivity index (χ0) is 61.6. The Morgan fingerprint density at radius 2 is 0.684 bits per heavy atom. The molecular formula is C44H70O32. The van der Waals surface area contributed by atoms with Gasteiger partial charge in [-0.25, -0.2) is 28.8 Å². The maximum Gasteiger partial charge on any atom is 0.338 e. The van der Waals surface area contributed by atoms with Crippen molar-refractivity contribution in [3.8, 4) is 0 Å². The Morgan fingerprint density at radius 3 is 0.776 bits per heavy atom. The maximum absolute atomic E-state index is 11.1. The van der Waals surface area contributed by atoms with E-state index < -0.39 is 126 Å². The summed E-state index contributed by atoms with van der Waals surface area (Å²) in [5.41, 5.74) is -1.83. The molecule has 0 aromatic heterocycles. The zero-order valence-electron chi connectivity index (χ0n) is 42.6. The van der Waals surface area contributed by atoms with Crippen molar-refractivity contribution in [2.45, 2.75) is 126 Å². The molecule has 0 saturated carbocycles. The lowest BCUT2D eigenvalue weighted by Crippen LogP contribution is -2.38. The van der Waals surface area contributed by atoms with Crippen LogP contribution < -0.4 is 0 Å². The predicted octanol–water partition coefficient (Wildman–Crippen LogP) is 2.64. The minimum Gasteiger partial charge on any atom is -0.481 e. The molecular weight excluding hydrogens is 1040 g/mol. The predicted molar refractivity (Wildman–Crippen MR) is 255 cm³/mol. The van der Waals surface area contributed by atoms with Gasteiger partial charge in [-0.1, -0.05) is 48.5 Å². The van der Waals surface area contributed by atoms with Crippen LogP contribution in [0.15, 0.2) is 36.5 Å². The number of hydrogen-bond donors (Lipinski definition) is 14. The van der Waals surface area contributed by atoms with E-state index in [4.69, 9.17) is 71.5 Å². The first-order chi connectivity index (χ1) is 34.2. The largest absolute Gasteiger partial charge is 0.481 e. The standard InChI is InChI=1S/C11H16O8.2C4H4O4.C4H2O3.3C4H8O2.3C3H6O2.H2O/c1-5(8(14)15)6(9(16)17)3-11(2,10(18)19)4-7(12)13;2*5-3(6)1-2-4(7)8;5-3-1-2-4(6)7-3;3*1-2-3-4(5)6;3*1-2-3(4)5;/h5-6H,3-4H2,1-2H3,(H,12,13)(H,14,15)(H,16,17)(H,18,19);2*1-2H,(H,5,6)(H,7,8);1-2H;3*2-3H2,1H3,(H,5,6);3*2H2,1H3,(H,4,5);1H2/b;2*2-1-;;;;;;;;. The summed E-state index contributed by atoms with van der Waals surface area (Å²) in [6.07, 6.45) is 6.79. The van der Waals surface area contributed by atoms with Gasteiger partial charge in [-0.2, -0.15) is 0 Å². The van der Waals surface area contributed by atoms with Crippen LogP contribution in [0.2, 0.25) is 0 Å². The fraction of sp³-hybridized carbons (Fsp3) is 0.500. The maximum atomic E-state index is 11.1. The number of carboxylic acids is 14. The number of carbonyl (C=O) groups is 16. The van der Waals surface area contributed by atoms with Gasteiger partial charge in [0.25, 0.3) is 0 Å². The molecule has 1 aliphatic rings. The number of carbonyl (C=O) groups excluding carboxylic acids is 2. The molecule has 1 rings (SSSR count). The number of ether oxygens (including phenoxy) is 1. The van der Waals surface area contributed by atoms with Crippen LogP contribution in [0.25, 0.3) is 0 Å². The van der Waals surface area contributed by atoms with Crippen LogP contribution in [0.3, 0.4) is 0 Å². The minimum absolute atomic E-state index is 0. The molecule has 0 saturated heterocycles. The Labute approximate surface area is 433 Å². The second-order valence-electron chi connectivity index (χ2n) is 13.5. The summed E-state index contributed by atoms with van der Waals surface area (Å²) < 4.78 is 3.97. The van der Waals surface area contributed by atoms with Gasteiger partial charge in [0.2, 0.25) is 0 Å². The third-order valence-electron chi connectivity index (χ3n) is 6.63. The van der Waals surface area contributed by atoms with Gasteiger partial charge in [0.05, 0.1) is 23.7 Å². The second kappa shape index (κ2) is 58.5. The van der Waals surface area contributed by atoms with Crippen molar-refractivity contribution in [1.29, 1.82) is 0 Å². The SMILES string of the molecule is CC(C(=O)O)C(CC(C)(CC(=O)O)C(=O)O)C(=O)O.CCC(=O)O.CCC(=O)O.CCC(=O)O.CCCC(=O)O.CCCC(=O)O.CCCC(=O)O.O.O=C(O)/C=C\C(=O)O.O=C(O)/C=C\C(=O)O.O=C1C=CC(=O)O1. The Bertz CT molecular complexity index is 1760. The molecule has 0 spiro atoms. The van der Waals surface area contributed by atoms with Gasteiger partial charge in [-0.15, -0.1) is 0 Å². The molecule has 0 aromatic carbocycles. The van der Waals surface area contributed by atoms with Crippen LogP contribution in [-0.4, -0.2) is 172 Å². The average Bonchev–Trinajstić information content (AvgIpc) is 3.66. The molecule has 0 fully saturated rings. The number of cyclic esters (lactones) is 2. The van der Waals surface area contributed by atoms with Gasteiger partial charge >= 0.3 is 95.5 Å². The Balaban J connectivity index is -0.0000000830. The van der Waals surface area contributed by atoms with E-state index in [0.717, 1.165) is 45.3 Å². The summed E-state index contributed by atoms with van der Waals surface area (Å²) in [5, 5.41) is 114. The molecule has 0 bridgehead atoms. The second-order valence-corrected chi connectivity index (χ2v) is 13.5. The lowest BCUT2D eigenvalue weighted by Gasteiger charge is -2.27. The van der Waals surface area contributed by atoms with Crippen molar-refractivity contribution in [3.05, 3.63) is 36.5 Å². The highest BCUT2D eigenvalue weighted by molar-refractivity contribution is 6.05. The monoisotopic (exact) mass is 1110 g/mol. The Morgan fingerprint density at radius 1 is 0.447 bits per heavy atom. The van der Waals surface area contributed by atoms with Crippen LogP contribution >= 0.6 is 0 Å². The molecule has 32 nitrogen and oxygen atoms in total. The van der Waals surface area contributed by atoms with Crippen molar-refractivity contribution in [2.24, 2.45) is 17.3 Å². The van der Waals surface area contributed by atoms with Crippen molar-refractivity contribution < 1.29 is 158 Å². The lowest BCUT2D eigenvalue weighted by molar-refractivity contribution is -0.161. The minimum atomic E-state index is -1.83. The molecule has 1 aliphatic heterocycles. The van der Waals surface area contributed by atoms with Gasteiger partial charge in [0, 0.05) is 75.0 Å². The third-order valence-corrected chi connectivity index (χ3v) is 6.63. The third kappa shape index (κ3) is 94.7. The van der Waals surface area contributed by atoms with Gasteiger partial charge in [0.1, 0.15) is 0 Å². The molecule has 3 unspecified atom stereocenters. The van der Waals surface area contributed by atoms with Gasteiger partial charge in [-0.3, -0.25) is 47.9 Å². The first-order valence-corrected chi connectivity index (χ1v) is 21.1. The number of rotatable bonds is 21. The van der Waals surface area contributed by atoms with Crippen LogP contribution in [0.4, 0.5) is 0 Å². The van der Waals surface area contributed by atoms with E-state index >= 15 is 0 Å². The molecule has 3 atom stereocenters. The smallest absolute Gasteiger partial charge is 0.338 e. The summed E-state index contributed by atoms with van der Waals surface area (Å²) in [7, 11) is 0. The fourth-order valence-corrected chi connectivity index (χ4v) is 2.93. The number of esters is 2. The fourth-order valence-electron chi connectivity index (χ4n) is 2.93. The molecule has 16 N–H and O–H groups in total. The Hall–Kier alpha value is -9.10. The normalized spacial score (nSPS) is 11.3. The van der Waals surface area contributed by atoms with Crippen molar-refractivity contribution in [1.82, 2.24) is 0 Å². The van der Waals surface area contributed by atoms with Crippen molar-refractivity contribution in [2.75, 3.05) is 0 Å². The van der Waals surface area contributed by atoms with Gasteiger partial charge in [0.15, 0.2) is 0 Å². The van der Waals surface area contributed by atoms with E-state index in [-0.39, 0.29) is 24.7 Å². The average molecular weight is 1110 g/mol. The van der Waals surface area contributed by atoms with Crippen molar-refractivity contribution >= 4 is 95.5 Å². The first kappa shape index (κ1) is 89.7. The number of carboxylic acid groups (broad SMARTS) is 14. The van der Waals surface area contributed by atoms with Crippen LogP contribution in [0.1, 0.15) is 126 Å². The molecule has 438 valence electrons. The molecule has 0 amide bonds. The van der Waals surface area contributed by atoms with E-state index in [9.17, 15) is 76.7 Å². The van der Waals surface area contributed by atoms with Gasteiger partial charge < -0.3 is 81.7 Å². The first-order valence-electron chi connectivity index (χ1n) is 21.1. The number of hydrogen-bond acceptors (Lipinski definition) is 17. The molecule has 76 heavy (non-hydrogen) atoms. The van der Waals surface area contributed by atoms with Crippen molar-refractivity contribution in [3.63, 3.8) is 0 Å². The van der Waals surface area contributed by atoms with E-state index in [0.29, 0.717) is 43.6 Å². The topological polar surface area (TPSA) is 597 Å². The molecule has 0 aliphatic carbocycles. The lowest BCUT2D eigenvalue weighted by atomic mass is 9.74. The molecule has 0 aromatic rings. The summed E-state index contributed by atoms with van der Waals surface area (Å²) in [4.78, 5) is 159. The zero-order valence-corrected chi connectivity index (χ0v) is 42.6. The summed E-state index contributed by atoms with van der Waals surface area (Å²) >= 11 is 0. The summed E-state index contributed by atoms with van der Waals surface area (Å²) in [5.74, 6) is -19.1. The Kier molecular flexibility index (Phi) is 69.0. The van der Waals surface area contributed by atoms with Gasteiger partial charge in [-0.05, 0) is 32.6 Å². The van der Waals surface area contributed by atoms with E-state index in [1.54, 1.807) is 20.8 Å². The highest BCUT2D eigenvalue weighted by atomic mass is 16.6. The van der Waals surface area contributed by atoms with E-state index in [1.807, 2.05) is 20.8 Å². The van der Waals surface area contributed by atoms with Crippen LogP contribution in [-0.2, 0) is 81.4 Å². The summed E-state index contributed by atoms with van der Waals surface area (Å²) in [6.45, 7) is 12.6. The highest BCUT2D eigenvalue weighted by Crippen LogP contribution is 2.34.